The first-order valence-electron chi connectivity index (χ1n) is 5.78. The number of carbonyl (C=O) groups excluding carboxylic acids is 1. The molecule has 15 heavy (non-hydrogen) atoms. The lowest BCUT2D eigenvalue weighted by molar-refractivity contribution is -0.135. The predicted molar refractivity (Wildman–Crippen MR) is 59.3 cm³/mol. The molecule has 0 radical (unpaired) electrons. The van der Waals surface area contributed by atoms with Gasteiger partial charge in [0.1, 0.15) is 0 Å². The molecule has 1 aliphatic rings. The zero-order chi connectivity index (χ0) is 11.4. The van der Waals surface area contributed by atoms with Crippen molar-refractivity contribution in [2.45, 2.75) is 45.2 Å². The minimum Gasteiger partial charge on any atom is -0.394 e. The summed E-state index contributed by atoms with van der Waals surface area (Å²) in [6, 6.07) is -0.422. The molecule has 2 unspecified atom stereocenters. The molecule has 4 heteroatoms. The second-order valence-corrected chi connectivity index (χ2v) is 4.42. The molecule has 1 saturated heterocycles. The standard InChI is InChI=1S/C11H22N2O2/c1-3-8(2)10(12)11(15)13-6-4-5-9(13)7-14/h8-10,14H,3-7,12H2,1-2H3/t8?,9-,10?/m1/s1. The molecule has 3 N–H and O–H groups in total. The first kappa shape index (κ1) is 12.5. The van der Waals surface area contributed by atoms with E-state index < -0.39 is 6.04 Å². The number of hydrogen-bond donors (Lipinski definition) is 2. The van der Waals surface area contributed by atoms with Crippen LogP contribution in [-0.2, 0) is 4.79 Å². The summed E-state index contributed by atoms with van der Waals surface area (Å²) in [6.07, 6.45) is 2.78. The highest BCUT2D eigenvalue weighted by Crippen LogP contribution is 2.19. The monoisotopic (exact) mass is 214 g/mol. The maximum Gasteiger partial charge on any atom is 0.240 e. The topological polar surface area (TPSA) is 66.6 Å². The number of nitrogens with two attached hydrogens (primary N) is 1. The van der Waals surface area contributed by atoms with Crippen molar-refractivity contribution in [2.24, 2.45) is 11.7 Å². The van der Waals surface area contributed by atoms with Crippen molar-refractivity contribution >= 4 is 5.91 Å². The van der Waals surface area contributed by atoms with Crippen molar-refractivity contribution in [3.63, 3.8) is 0 Å². The van der Waals surface area contributed by atoms with Crippen LogP contribution in [0.25, 0.3) is 0 Å². The van der Waals surface area contributed by atoms with Gasteiger partial charge in [0.2, 0.25) is 5.91 Å². The van der Waals surface area contributed by atoms with Crippen LogP contribution in [0.2, 0.25) is 0 Å². The largest absolute Gasteiger partial charge is 0.394 e. The first-order chi connectivity index (χ1) is 7.11. The molecular formula is C11H22N2O2. The Hall–Kier alpha value is -0.610. The van der Waals surface area contributed by atoms with E-state index in [4.69, 9.17) is 10.8 Å². The van der Waals surface area contributed by atoms with Gasteiger partial charge in [0.05, 0.1) is 18.7 Å². The molecule has 1 amide bonds. The number of likely N-dealkylation sites (tertiary alicyclic amines) is 1. The smallest absolute Gasteiger partial charge is 0.240 e. The number of aliphatic hydroxyl groups is 1. The average molecular weight is 214 g/mol. The van der Waals surface area contributed by atoms with Crippen LogP contribution >= 0.6 is 0 Å². The fourth-order valence-corrected chi connectivity index (χ4v) is 2.00. The van der Waals surface area contributed by atoms with Crippen molar-refractivity contribution in [1.82, 2.24) is 4.90 Å². The molecule has 1 aliphatic heterocycles. The summed E-state index contributed by atoms with van der Waals surface area (Å²) in [7, 11) is 0. The maximum absolute atomic E-state index is 12.0. The van der Waals surface area contributed by atoms with Gasteiger partial charge in [0.15, 0.2) is 0 Å². The van der Waals surface area contributed by atoms with Gasteiger partial charge in [-0.3, -0.25) is 4.79 Å². The van der Waals surface area contributed by atoms with E-state index in [2.05, 4.69) is 0 Å². The zero-order valence-corrected chi connectivity index (χ0v) is 9.65. The molecule has 0 saturated carbocycles. The molecule has 88 valence electrons. The third kappa shape index (κ3) is 2.69. The highest BCUT2D eigenvalue weighted by atomic mass is 16.3. The molecule has 0 aromatic heterocycles. The molecule has 1 heterocycles. The summed E-state index contributed by atoms with van der Waals surface area (Å²) in [4.78, 5) is 13.8. The number of rotatable bonds is 4. The van der Waals surface area contributed by atoms with Gasteiger partial charge in [-0.25, -0.2) is 0 Å². The molecule has 1 fully saturated rings. The van der Waals surface area contributed by atoms with Gasteiger partial charge < -0.3 is 15.7 Å². The van der Waals surface area contributed by atoms with E-state index in [1.165, 1.54) is 0 Å². The molecule has 0 spiro atoms. The van der Waals surface area contributed by atoms with Gasteiger partial charge in [-0.15, -0.1) is 0 Å². The predicted octanol–water partition coefficient (Wildman–Crippen LogP) is 0.343. The Balaban J connectivity index is 2.59. The fraction of sp³-hybridized carbons (Fsp3) is 0.909. The average Bonchev–Trinajstić information content (AvgIpc) is 2.73. The molecule has 4 nitrogen and oxygen atoms in total. The fourth-order valence-electron chi connectivity index (χ4n) is 2.00. The highest BCUT2D eigenvalue weighted by molar-refractivity contribution is 5.82. The Labute approximate surface area is 91.4 Å². The van der Waals surface area contributed by atoms with E-state index in [1.807, 2.05) is 13.8 Å². The third-order valence-corrected chi connectivity index (χ3v) is 3.41. The molecule has 0 aromatic rings. The van der Waals surface area contributed by atoms with Crippen LogP contribution in [-0.4, -0.2) is 41.1 Å². The summed E-state index contributed by atoms with van der Waals surface area (Å²) in [5, 5.41) is 9.13. The van der Waals surface area contributed by atoms with E-state index in [9.17, 15) is 4.79 Å². The second kappa shape index (κ2) is 5.47. The minimum atomic E-state index is -0.415. The molecule has 0 aliphatic carbocycles. The van der Waals surface area contributed by atoms with Gasteiger partial charge in [-0.1, -0.05) is 20.3 Å². The number of hydrogen-bond acceptors (Lipinski definition) is 3. The van der Waals surface area contributed by atoms with Crippen LogP contribution in [0.5, 0.6) is 0 Å². The lowest BCUT2D eigenvalue weighted by Crippen LogP contribution is -2.49. The zero-order valence-electron chi connectivity index (χ0n) is 9.65. The summed E-state index contributed by atoms with van der Waals surface area (Å²) < 4.78 is 0. The summed E-state index contributed by atoms with van der Waals surface area (Å²) in [6.45, 7) is 4.82. The summed E-state index contributed by atoms with van der Waals surface area (Å²) in [5.74, 6) is 0.207. The molecule has 0 aromatic carbocycles. The Bertz CT molecular complexity index is 221. The van der Waals surface area contributed by atoms with E-state index in [0.717, 1.165) is 25.8 Å². The van der Waals surface area contributed by atoms with E-state index in [0.29, 0.717) is 0 Å². The van der Waals surface area contributed by atoms with Crippen molar-refractivity contribution in [2.75, 3.05) is 13.2 Å². The Morgan fingerprint density at radius 3 is 2.87 bits per heavy atom. The third-order valence-electron chi connectivity index (χ3n) is 3.41. The van der Waals surface area contributed by atoms with Gasteiger partial charge in [0, 0.05) is 6.54 Å². The van der Waals surface area contributed by atoms with Crippen molar-refractivity contribution < 1.29 is 9.90 Å². The van der Waals surface area contributed by atoms with Gasteiger partial charge in [-0.05, 0) is 18.8 Å². The number of nitrogens with zero attached hydrogens (tertiary/aromatic N) is 1. The second-order valence-electron chi connectivity index (χ2n) is 4.42. The molecule has 0 bridgehead atoms. The van der Waals surface area contributed by atoms with E-state index >= 15 is 0 Å². The van der Waals surface area contributed by atoms with Crippen molar-refractivity contribution in [3.05, 3.63) is 0 Å². The number of amides is 1. The van der Waals surface area contributed by atoms with Crippen LogP contribution in [0, 0.1) is 5.92 Å². The van der Waals surface area contributed by atoms with Crippen molar-refractivity contribution in [3.8, 4) is 0 Å². The summed E-state index contributed by atoms with van der Waals surface area (Å²) in [5.41, 5.74) is 5.90. The number of aliphatic hydroxyl groups excluding tert-OH is 1. The van der Waals surface area contributed by atoms with Gasteiger partial charge in [-0.2, -0.15) is 0 Å². The van der Waals surface area contributed by atoms with Crippen LogP contribution in [0.4, 0.5) is 0 Å². The van der Waals surface area contributed by atoms with Crippen LogP contribution in [0.15, 0.2) is 0 Å². The lowest BCUT2D eigenvalue weighted by Gasteiger charge is -2.28. The Morgan fingerprint density at radius 1 is 1.67 bits per heavy atom. The van der Waals surface area contributed by atoms with Crippen molar-refractivity contribution in [1.29, 1.82) is 0 Å². The maximum atomic E-state index is 12.0. The van der Waals surface area contributed by atoms with Crippen LogP contribution in [0.3, 0.4) is 0 Å². The highest BCUT2D eigenvalue weighted by Gasteiger charge is 2.32. The van der Waals surface area contributed by atoms with E-state index in [-0.39, 0.29) is 24.5 Å². The Kier molecular flexibility index (Phi) is 4.54. The van der Waals surface area contributed by atoms with Gasteiger partial charge >= 0.3 is 0 Å². The van der Waals surface area contributed by atoms with E-state index in [1.54, 1.807) is 4.90 Å². The molecule has 3 atom stereocenters. The molecular weight excluding hydrogens is 192 g/mol. The van der Waals surface area contributed by atoms with Gasteiger partial charge in [0.25, 0.3) is 0 Å². The quantitative estimate of drug-likeness (QED) is 0.709. The summed E-state index contributed by atoms with van der Waals surface area (Å²) >= 11 is 0. The van der Waals surface area contributed by atoms with Crippen LogP contribution < -0.4 is 5.73 Å². The van der Waals surface area contributed by atoms with Crippen LogP contribution in [0.1, 0.15) is 33.1 Å². The Morgan fingerprint density at radius 2 is 2.33 bits per heavy atom. The SMILES string of the molecule is CCC(C)C(N)C(=O)N1CCC[C@@H]1CO. The first-order valence-corrected chi connectivity index (χ1v) is 5.78. The lowest BCUT2D eigenvalue weighted by atomic mass is 9.98. The normalized spacial score (nSPS) is 25.3. The number of carbonyl (C=O) groups is 1. The molecule has 1 rings (SSSR count). The minimum absolute atomic E-state index is 0.000833.